The molecule has 2 saturated carbocycles. The van der Waals surface area contributed by atoms with Crippen LogP contribution >= 0.6 is 0 Å². The summed E-state index contributed by atoms with van der Waals surface area (Å²) >= 11 is 0. The van der Waals surface area contributed by atoms with Crippen molar-refractivity contribution in [1.29, 1.82) is 0 Å². The van der Waals surface area contributed by atoms with E-state index in [1.165, 1.54) is 18.9 Å². The Balaban J connectivity index is 1.62. The Morgan fingerprint density at radius 3 is 2.87 bits per heavy atom. The SMILES string of the molecule is CC(=O)O[C@H]1CCC2C3C=CC4=CC(=O)CCC4C3CC[C@@]21C. The monoisotopic (exact) mass is 314 g/mol. The van der Waals surface area contributed by atoms with Crippen LogP contribution in [0.4, 0.5) is 0 Å². The highest BCUT2D eigenvalue weighted by Crippen LogP contribution is 2.60. The Morgan fingerprint density at radius 2 is 2.09 bits per heavy atom. The lowest BCUT2D eigenvalue weighted by atomic mass is 9.54. The van der Waals surface area contributed by atoms with Crippen LogP contribution in [0.1, 0.15) is 52.4 Å². The number of fused-ring (bicyclic) bond motifs is 5. The third kappa shape index (κ3) is 2.31. The van der Waals surface area contributed by atoms with Crippen LogP contribution in [-0.4, -0.2) is 17.9 Å². The summed E-state index contributed by atoms with van der Waals surface area (Å²) in [5.41, 5.74) is 1.39. The molecule has 0 spiro atoms. The molecule has 0 aromatic rings. The Bertz CT molecular complexity index is 602. The van der Waals surface area contributed by atoms with Gasteiger partial charge in [-0.1, -0.05) is 19.1 Å². The van der Waals surface area contributed by atoms with E-state index >= 15 is 0 Å². The number of ether oxygens (including phenoxy) is 1. The molecule has 0 heterocycles. The van der Waals surface area contributed by atoms with Crippen molar-refractivity contribution in [1.82, 2.24) is 0 Å². The number of allylic oxidation sites excluding steroid dienone is 4. The number of hydrogen-bond donors (Lipinski definition) is 0. The normalized spacial score (nSPS) is 44.9. The zero-order valence-electron chi connectivity index (χ0n) is 14.1. The maximum Gasteiger partial charge on any atom is 0.302 e. The predicted molar refractivity (Wildman–Crippen MR) is 87.6 cm³/mol. The van der Waals surface area contributed by atoms with Crippen molar-refractivity contribution in [3.8, 4) is 0 Å². The summed E-state index contributed by atoms with van der Waals surface area (Å²) < 4.78 is 5.67. The van der Waals surface area contributed by atoms with Crippen molar-refractivity contribution in [2.75, 3.05) is 0 Å². The second-order valence-electron chi connectivity index (χ2n) is 8.18. The summed E-state index contributed by atoms with van der Waals surface area (Å²) in [5, 5.41) is 0. The van der Waals surface area contributed by atoms with Gasteiger partial charge in [0.2, 0.25) is 0 Å². The van der Waals surface area contributed by atoms with Crippen molar-refractivity contribution in [2.45, 2.75) is 58.5 Å². The van der Waals surface area contributed by atoms with Gasteiger partial charge in [0.1, 0.15) is 6.10 Å². The summed E-state index contributed by atoms with van der Waals surface area (Å²) in [6.07, 6.45) is 12.8. The fraction of sp³-hybridized carbons (Fsp3) is 0.700. The fourth-order valence-corrected chi connectivity index (χ4v) is 6.00. The molecule has 0 saturated heterocycles. The number of carbonyl (C=O) groups is 2. The zero-order valence-corrected chi connectivity index (χ0v) is 14.1. The molecule has 0 aromatic carbocycles. The van der Waals surface area contributed by atoms with E-state index < -0.39 is 0 Å². The molecule has 0 radical (unpaired) electrons. The maximum absolute atomic E-state index is 11.7. The molecular formula is C20H26O3. The van der Waals surface area contributed by atoms with E-state index in [0.29, 0.717) is 30.1 Å². The molecule has 0 aromatic heterocycles. The highest BCUT2D eigenvalue weighted by molar-refractivity contribution is 5.91. The third-order valence-electron chi connectivity index (χ3n) is 7.09. The Hall–Kier alpha value is -1.38. The highest BCUT2D eigenvalue weighted by Gasteiger charge is 2.56. The molecule has 3 heteroatoms. The van der Waals surface area contributed by atoms with E-state index in [-0.39, 0.29) is 23.3 Å². The minimum absolute atomic E-state index is 0.0872. The number of rotatable bonds is 1. The minimum Gasteiger partial charge on any atom is -0.462 e. The number of carbonyl (C=O) groups excluding carboxylic acids is 2. The largest absolute Gasteiger partial charge is 0.462 e. The molecule has 4 aliphatic carbocycles. The van der Waals surface area contributed by atoms with Crippen LogP contribution in [0.25, 0.3) is 0 Å². The van der Waals surface area contributed by atoms with Gasteiger partial charge in [0, 0.05) is 18.8 Å². The van der Waals surface area contributed by atoms with Crippen LogP contribution in [0, 0.1) is 29.1 Å². The average molecular weight is 314 g/mol. The van der Waals surface area contributed by atoms with Gasteiger partial charge in [0.05, 0.1) is 0 Å². The molecule has 4 unspecified atom stereocenters. The second-order valence-corrected chi connectivity index (χ2v) is 8.18. The molecule has 4 rings (SSSR count). The highest BCUT2D eigenvalue weighted by atomic mass is 16.5. The molecule has 0 N–H and O–H groups in total. The van der Waals surface area contributed by atoms with Gasteiger partial charge >= 0.3 is 5.97 Å². The van der Waals surface area contributed by atoms with Gasteiger partial charge in [-0.05, 0) is 67.4 Å². The maximum atomic E-state index is 11.7. The van der Waals surface area contributed by atoms with Crippen molar-refractivity contribution in [2.24, 2.45) is 29.1 Å². The molecule has 23 heavy (non-hydrogen) atoms. The van der Waals surface area contributed by atoms with Gasteiger partial charge in [-0.25, -0.2) is 0 Å². The van der Waals surface area contributed by atoms with Gasteiger partial charge in [0.25, 0.3) is 0 Å². The molecule has 124 valence electrons. The van der Waals surface area contributed by atoms with Crippen LogP contribution in [0.15, 0.2) is 23.8 Å². The first-order valence-electron chi connectivity index (χ1n) is 9.09. The molecule has 3 nitrogen and oxygen atoms in total. The smallest absolute Gasteiger partial charge is 0.302 e. The quantitative estimate of drug-likeness (QED) is 0.691. The molecule has 6 atom stereocenters. The van der Waals surface area contributed by atoms with Crippen molar-refractivity contribution in [3.05, 3.63) is 23.8 Å². The Kier molecular flexibility index (Phi) is 3.51. The Morgan fingerprint density at radius 1 is 1.26 bits per heavy atom. The summed E-state index contributed by atoms with van der Waals surface area (Å²) in [7, 11) is 0. The van der Waals surface area contributed by atoms with E-state index in [2.05, 4.69) is 19.1 Å². The van der Waals surface area contributed by atoms with Crippen molar-refractivity contribution in [3.63, 3.8) is 0 Å². The van der Waals surface area contributed by atoms with Gasteiger partial charge in [0.15, 0.2) is 5.78 Å². The van der Waals surface area contributed by atoms with Crippen LogP contribution in [-0.2, 0) is 14.3 Å². The van der Waals surface area contributed by atoms with E-state index in [0.717, 1.165) is 25.7 Å². The van der Waals surface area contributed by atoms with Crippen molar-refractivity contribution >= 4 is 11.8 Å². The lowest BCUT2D eigenvalue weighted by molar-refractivity contribution is -0.155. The summed E-state index contributed by atoms with van der Waals surface area (Å²) in [6.45, 7) is 3.86. The molecule has 4 aliphatic rings. The Labute approximate surface area is 138 Å². The van der Waals surface area contributed by atoms with Gasteiger partial charge < -0.3 is 4.74 Å². The van der Waals surface area contributed by atoms with Crippen LogP contribution < -0.4 is 0 Å². The number of hydrogen-bond acceptors (Lipinski definition) is 3. The first-order chi connectivity index (χ1) is 11.0. The minimum atomic E-state index is -0.144. The molecule has 0 amide bonds. The van der Waals surface area contributed by atoms with Crippen molar-refractivity contribution < 1.29 is 14.3 Å². The third-order valence-corrected chi connectivity index (χ3v) is 7.09. The van der Waals surface area contributed by atoms with E-state index in [1.54, 1.807) is 0 Å². The van der Waals surface area contributed by atoms with Gasteiger partial charge in [-0.2, -0.15) is 0 Å². The van der Waals surface area contributed by atoms with Crippen LogP contribution in [0.3, 0.4) is 0 Å². The molecule has 2 fully saturated rings. The molecular weight excluding hydrogens is 288 g/mol. The number of ketones is 1. The topological polar surface area (TPSA) is 43.4 Å². The van der Waals surface area contributed by atoms with Crippen LogP contribution in [0.2, 0.25) is 0 Å². The predicted octanol–water partition coefficient (Wildman–Crippen LogP) is 3.84. The van der Waals surface area contributed by atoms with E-state index in [1.807, 2.05) is 6.08 Å². The van der Waals surface area contributed by atoms with E-state index in [4.69, 9.17) is 4.74 Å². The van der Waals surface area contributed by atoms with Crippen LogP contribution in [0.5, 0.6) is 0 Å². The second kappa shape index (κ2) is 5.32. The molecule has 0 bridgehead atoms. The first kappa shape index (κ1) is 15.2. The molecule has 0 aliphatic heterocycles. The fourth-order valence-electron chi connectivity index (χ4n) is 6.00. The van der Waals surface area contributed by atoms with E-state index in [9.17, 15) is 9.59 Å². The van der Waals surface area contributed by atoms with Gasteiger partial charge in [-0.15, -0.1) is 0 Å². The summed E-state index contributed by atoms with van der Waals surface area (Å²) in [5.74, 6) is 2.59. The zero-order chi connectivity index (χ0) is 16.2. The van der Waals surface area contributed by atoms with Gasteiger partial charge in [-0.3, -0.25) is 9.59 Å². The first-order valence-corrected chi connectivity index (χ1v) is 9.09. The lowest BCUT2D eigenvalue weighted by Crippen LogP contribution is -2.47. The average Bonchev–Trinajstić information content (AvgIpc) is 2.83. The summed E-state index contributed by atoms with van der Waals surface area (Å²) in [4.78, 5) is 23.1. The lowest BCUT2D eigenvalue weighted by Gasteiger charge is -2.51. The standard InChI is InChI=1S/C20H26O3/c1-12(21)23-19-8-7-18-17-5-3-13-11-14(22)4-6-15(13)16(17)9-10-20(18,19)2/h3,5,11,15-19H,4,6-10H2,1-2H3/t15?,16?,17?,18?,19-,20-/m0/s1. The summed E-state index contributed by atoms with van der Waals surface area (Å²) in [6, 6.07) is 0. The number of esters is 1.